The topological polar surface area (TPSA) is 118 Å². The lowest BCUT2D eigenvalue weighted by atomic mass is 10.3. The number of phenolic OH excluding ortho intramolecular Hbond substituents is 1. The minimum Gasteiger partial charge on any atom is -0.506 e. The Hall–Kier alpha value is -1.67. The summed E-state index contributed by atoms with van der Waals surface area (Å²) in [5.41, 5.74) is -0.532. The summed E-state index contributed by atoms with van der Waals surface area (Å²) in [4.78, 5) is 8.52. The van der Waals surface area contributed by atoms with Crippen LogP contribution in [0.1, 0.15) is 0 Å². The summed E-state index contributed by atoms with van der Waals surface area (Å²) in [7, 11) is -4.64. The number of nitrogens with zero attached hydrogens (tertiary/aromatic N) is 1. The molecule has 0 fully saturated rings. The largest absolute Gasteiger partial charge is 0.506 e. The van der Waals surface area contributed by atoms with E-state index in [1.165, 1.54) is 0 Å². The smallest absolute Gasteiger partial charge is 0.298 e. The fourth-order valence-corrected chi connectivity index (χ4v) is 1.42. The molecule has 0 bridgehead atoms. The molecule has 2 N–H and O–H groups in total. The molecule has 8 heteroatoms. The Morgan fingerprint density at radius 3 is 2.36 bits per heavy atom. The quantitative estimate of drug-likeness (QED) is 0.426. The van der Waals surface area contributed by atoms with Gasteiger partial charge in [-0.15, -0.1) is 0 Å². The van der Waals surface area contributed by atoms with Crippen LogP contribution in [0, 0.1) is 10.1 Å². The van der Waals surface area contributed by atoms with Gasteiger partial charge in [0.25, 0.3) is 15.8 Å². The van der Waals surface area contributed by atoms with Crippen LogP contribution in [0.15, 0.2) is 23.1 Å². The number of hydrogen-bond acceptors (Lipinski definition) is 5. The number of nitro benzene ring substituents is 1. The molecule has 0 atom stereocenters. The second-order valence-electron chi connectivity index (χ2n) is 2.38. The molecule has 1 rings (SSSR count). The molecule has 0 heterocycles. The van der Waals surface area contributed by atoms with Crippen molar-refractivity contribution in [1.29, 1.82) is 0 Å². The van der Waals surface area contributed by atoms with E-state index < -0.39 is 31.4 Å². The Kier molecular flexibility index (Phi) is 2.41. The number of non-ortho nitro benzene ring substituents is 1. The monoisotopic (exact) mass is 219 g/mol. The summed E-state index contributed by atoms with van der Waals surface area (Å²) in [5, 5.41) is 19.2. The minimum atomic E-state index is -4.64. The highest BCUT2D eigenvalue weighted by molar-refractivity contribution is 7.86. The Morgan fingerprint density at radius 2 is 1.93 bits per heavy atom. The predicted octanol–water partition coefficient (Wildman–Crippen LogP) is 0.547. The summed E-state index contributed by atoms with van der Waals surface area (Å²) in [6.07, 6.45) is 0. The van der Waals surface area contributed by atoms with E-state index in [0.717, 1.165) is 12.1 Å². The first kappa shape index (κ1) is 10.4. The highest BCUT2D eigenvalue weighted by Crippen LogP contribution is 2.26. The Morgan fingerprint density at radius 1 is 1.36 bits per heavy atom. The zero-order valence-electron chi connectivity index (χ0n) is 6.61. The number of phenols is 1. The molecule has 1 aromatic carbocycles. The van der Waals surface area contributed by atoms with E-state index in [1.54, 1.807) is 0 Å². The standard InChI is InChI=1S/C6H5NO6S/c8-5-2-1-4(7(9)10)3-6(5)14(11,12)13/h1-3,8H,(H,11,12,13). The van der Waals surface area contributed by atoms with Crippen molar-refractivity contribution < 1.29 is 23.0 Å². The van der Waals surface area contributed by atoms with E-state index >= 15 is 0 Å². The third-order valence-electron chi connectivity index (χ3n) is 1.43. The van der Waals surface area contributed by atoms with Crippen LogP contribution in [0.5, 0.6) is 5.75 Å². The molecule has 0 unspecified atom stereocenters. The van der Waals surface area contributed by atoms with E-state index in [0.29, 0.717) is 6.07 Å². The van der Waals surface area contributed by atoms with Gasteiger partial charge >= 0.3 is 0 Å². The molecule has 76 valence electrons. The maximum atomic E-state index is 10.6. The van der Waals surface area contributed by atoms with Gasteiger partial charge in [-0.25, -0.2) is 0 Å². The van der Waals surface area contributed by atoms with Gasteiger partial charge in [-0.3, -0.25) is 14.7 Å². The van der Waals surface area contributed by atoms with E-state index in [2.05, 4.69) is 0 Å². The second-order valence-corrected chi connectivity index (χ2v) is 3.77. The van der Waals surface area contributed by atoms with Crippen molar-refractivity contribution in [2.75, 3.05) is 0 Å². The Balaban J connectivity index is 3.44. The van der Waals surface area contributed by atoms with Crippen LogP contribution in [0.3, 0.4) is 0 Å². The van der Waals surface area contributed by atoms with Crippen molar-refractivity contribution in [3.05, 3.63) is 28.3 Å². The number of benzene rings is 1. The van der Waals surface area contributed by atoms with Crippen LogP contribution >= 0.6 is 0 Å². The molecule has 0 amide bonds. The highest BCUT2D eigenvalue weighted by Gasteiger charge is 2.19. The van der Waals surface area contributed by atoms with Crippen LogP contribution in [0.2, 0.25) is 0 Å². The van der Waals surface area contributed by atoms with Crippen molar-refractivity contribution in [2.24, 2.45) is 0 Å². The van der Waals surface area contributed by atoms with Gasteiger partial charge in [0.1, 0.15) is 10.6 Å². The molecule has 1 aromatic rings. The van der Waals surface area contributed by atoms with E-state index in [4.69, 9.17) is 9.66 Å². The second kappa shape index (κ2) is 3.24. The van der Waals surface area contributed by atoms with Crippen LogP contribution < -0.4 is 0 Å². The van der Waals surface area contributed by atoms with Gasteiger partial charge in [-0.05, 0) is 6.07 Å². The van der Waals surface area contributed by atoms with Crippen LogP contribution in [0.4, 0.5) is 5.69 Å². The number of aromatic hydroxyl groups is 1. The molecule has 0 saturated carbocycles. The fraction of sp³-hybridized carbons (Fsp3) is 0. The third kappa shape index (κ3) is 1.98. The predicted molar refractivity (Wildman–Crippen MR) is 44.6 cm³/mol. The van der Waals surface area contributed by atoms with Gasteiger partial charge in [0.05, 0.1) is 4.92 Å². The van der Waals surface area contributed by atoms with Gasteiger partial charge in [-0.1, -0.05) is 0 Å². The van der Waals surface area contributed by atoms with Crippen LogP contribution in [0.25, 0.3) is 0 Å². The summed E-state index contributed by atoms with van der Waals surface area (Å²) >= 11 is 0. The van der Waals surface area contributed by atoms with Gasteiger partial charge in [0, 0.05) is 12.1 Å². The zero-order chi connectivity index (χ0) is 10.9. The lowest BCUT2D eigenvalue weighted by Crippen LogP contribution is -1.99. The lowest BCUT2D eigenvalue weighted by Gasteiger charge is -1.99. The normalized spacial score (nSPS) is 11.2. The van der Waals surface area contributed by atoms with E-state index in [1.807, 2.05) is 0 Å². The average Bonchev–Trinajstić information content (AvgIpc) is 2.02. The van der Waals surface area contributed by atoms with Crippen molar-refractivity contribution in [3.8, 4) is 5.75 Å². The van der Waals surface area contributed by atoms with Crippen molar-refractivity contribution in [2.45, 2.75) is 4.90 Å². The van der Waals surface area contributed by atoms with E-state index in [-0.39, 0.29) is 0 Å². The third-order valence-corrected chi connectivity index (χ3v) is 2.31. The van der Waals surface area contributed by atoms with Crippen molar-refractivity contribution in [1.82, 2.24) is 0 Å². The Bertz CT molecular complexity index is 479. The lowest BCUT2D eigenvalue weighted by molar-refractivity contribution is -0.385. The highest BCUT2D eigenvalue weighted by atomic mass is 32.2. The molecule has 7 nitrogen and oxygen atoms in total. The molecule has 0 radical (unpaired) electrons. The van der Waals surface area contributed by atoms with Gasteiger partial charge in [-0.2, -0.15) is 8.42 Å². The molecule has 14 heavy (non-hydrogen) atoms. The fourth-order valence-electron chi connectivity index (χ4n) is 0.823. The molecule has 0 saturated heterocycles. The molecule has 0 aliphatic heterocycles. The molecular weight excluding hydrogens is 214 g/mol. The molecule has 0 aromatic heterocycles. The molecule has 0 aliphatic rings. The summed E-state index contributed by atoms with van der Waals surface area (Å²) in [6.45, 7) is 0. The summed E-state index contributed by atoms with van der Waals surface area (Å²) < 4.78 is 29.8. The molecule has 0 aliphatic carbocycles. The molecule has 0 spiro atoms. The van der Waals surface area contributed by atoms with Gasteiger partial charge in [0.2, 0.25) is 0 Å². The maximum absolute atomic E-state index is 10.6. The summed E-state index contributed by atoms with van der Waals surface area (Å²) in [5.74, 6) is -0.738. The SMILES string of the molecule is O=[N+]([O-])c1ccc(O)c(S(=O)(=O)O)c1. The van der Waals surface area contributed by atoms with Crippen LogP contribution in [-0.4, -0.2) is 23.0 Å². The first-order valence-corrected chi connectivity index (χ1v) is 4.71. The minimum absolute atomic E-state index is 0.532. The summed E-state index contributed by atoms with van der Waals surface area (Å²) in [6, 6.07) is 2.32. The maximum Gasteiger partial charge on any atom is 0.298 e. The Labute approximate surface area is 78.5 Å². The van der Waals surface area contributed by atoms with Gasteiger partial charge < -0.3 is 5.11 Å². The van der Waals surface area contributed by atoms with Gasteiger partial charge in [0.15, 0.2) is 0 Å². The van der Waals surface area contributed by atoms with Crippen molar-refractivity contribution in [3.63, 3.8) is 0 Å². The zero-order valence-corrected chi connectivity index (χ0v) is 7.43. The first-order chi connectivity index (χ1) is 6.32. The number of nitro groups is 1. The number of rotatable bonds is 2. The van der Waals surface area contributed by atoms with Crippen LogP contribution in [-0.2, 0) is 10.1 Å². The first-order valence-electron chi connectivity index (χ1n) is 3.27. The van der Waals surface area contributed by atoms with E-state index in [9.17, 15) is 18.5 Å². The van der Waals surface area contributed by atoms with Crippen molar-refractivity contribution >= 4 is 15.8 Å². The number of hydrogen-bond donors (Lipinski definition) is 2. The average molecular weight is 219 g/mol. The molecular formula is C6H5NO6S.